The van der Waals surface area contributed by atoms with Crippen molar-refractivity contribution in [2.45, 2.75) is 13.3 Å². The third kappa shape index (κ3) is 3.51. The van der Waals surface area contributed by atoms with Crippen molar-refractivity contribution >= 4 is 29.2 Å². The average molecular weight is 352 g/mol. The second kappa shape index (κ2) is 7.26. The SMILES string of the molecule is Cc1ccc(N)c(NC(=O)NCCCN2C(=O)c3ccccc3C2=O)c1. The van der Waals surface area contributed by atoms with Crippen molar-refractivity contribution < 1.29 is 14.4 Å². The number of hydrogen-bond donors (Lipinski definition) is 3. The number of benzene rings is 2. The Morgan fingerprint density at radius 3 is 2.38 bits per heavy atom. The number of carbonyl (C=O) groups excluding carboxylic acids is 3. The van der Waals surface area contributed by atoms with Crippen molar-refractivity contribution in [3.63, 3.8) is 0 Å². The predicted octanol–water partition coefficient (Wildman–Crippen LogP) is 2.39. The Hall–Kier alpha value is -3.35. The number of nitrogens with zero attached hydrogens (tertiary/aromatic N) is 1. The number of hydrogen-bond acceptors (Lipinski definition) is 4. The number of fused-ring (bicyclic) bond motifs is 1. The Bertz CT molecular complexity index is 844. The number of rotatable bonds is 5. The molecule has 1 aliphatic heterocycles. The van der Waals surface area contributed by atoms with E-state index in [0.29, 0.717) is 35.5 Å². The van der Waals surface area contributed by atoms with Gasteiger partial charge in [-0.25, -0.2) is 4.79 Å². The van der Waals surface area contributed by atoms with Gasteiger partial charge in [-0.1, -0.05) is 18.2 Å². The molecule has 3 rings (SSSR count). The average Bonchev–Trinajstić information content (AvgIpc) is 2.87. The molecule has 0 aromatic heterocycles. The van der Waals surface area contributed by atoms with E-state index in [1.807, 2.05) is 13.0 Å². The molecule has 134 valence electrons. The van der Waals surface area contributed by atoms with Crippen molar-refractivity contribution in [3.05, 3.63) is 59.2 Å². The zero-order chi connectivity index (χ0) is 18.7. The predicted molar refractivity (Wildman–Crippen MR) is 99.0 cm³/mol. The zero-order valence-electron chi connectivity index (χ0n) is 14.4. The van der Waals surface area contributed by atoms with Gasteiger partial charge in [0.25, 0.3) is 11.8 Å². The molecule has 4 N–H and O–H groups in total. The van der Waals surface area contributed by atoms with E-state index in [-0.39, 0.29) is 24.4 Å². The van der Waals surface area contributed by atoms with Crippen LogP contribution in [0.5, 0.6) is 0 Å². The standard InChI is InChI=1S/C19H20N4O3/c1-12-7-8-15(20)16(11-12)22-19(26)21-9-4-10-23-17(24)13-5-2-3-6-14(13)18(23)25/h2-3,5-8,11H,4,9-10,20H2,1H3,(H2,21,22,26). The third-order valence-electron chi connectivity index (χ3n) is 4.18. The molecular formula is C19H20N4O3. The second-order valence-corrected chi connectivity index (χ2v) is 6.13. The Morgan fingerprint density at radius 2 is 1.73 bits per heavy atom. The molecule has 7 nitrogen and oxygen atoms in total. The maximum absolute atomic E-state index is 12.2. The fourth-order valence-corrected chi connectivity index (χ4v) is 2.83. The van der Waals surface area contributed by atoms with Crippen LogP contribution in [0.2, 0.25) is 0 Å². The Morgan fingerprint density at radius 1 is 1.08 bits per heavy atom. The van der Waals surface area contributed by atoms with Crippen molar-refractivity contribution in [2.75, 3.05) is 24.1 Å². The molecule has 0 saturated carbocycles. The summed E-state index contributed by atoms with van der Waals surface area (Å²) in [5.41, 5.74) is 8.69. The second-order valence-electron chi connectivity index (χ2n) is 6.13. The van der Waals surface area contributed by atoms with Gasteiger partial charge in [0.15, 0.2) is 0 Å². The van der Waals surface area contributed by atoms with Gasteiger partial charge in [-0.3, -0.25) is 14.5 Å². The molecule has 2 aromatic rings. The minimum atomic E-state index is -0.385. The normalized spacial score (nSPS) is 12.9. The van der Waals surface area contributed by atoms with E-state index in [0.717, 1.165) is 5.56 Å². The van der Waals surface area contributed by atoms with Crippen LogP contribution in [0, 0.1) is 6.92 Å². The fraction of sp³-hybridized carbons (Fsp3) is 0.211. The van der Waals surface area contributed by atoms with Crippen LogP contribution in [0.15, 0.2) is 42.5 Å². The first-order valence-electron chi connectivity index (χ1n) is 8.33. The summed E-state index contributed by atoms with van der Waals surface area (Å²) in [6.07, 6.45) is 0.461. The lowest BCUT2D eigenvalue weighted by Gasteiger charge is -2.14. The smallest absolute Gasteiger partial charge is 0.319 e. The van der Waals surface area contributed by atoms with Gasteiger partial charge < -0.3 is 16.4 Å². The summed E-state index contributed by atoms with van der Waals surface area (Å²) in [5.74, 6) is -0.579. The highest BCUT2D eigenvalue weighted by molar-refractivity contribution is 6.21. The number of amides is 4. The van der Waals surface area contributed by atoms with Crippen LogP contribution in [-0.2, 0) is 0 Å². The molecular weight excluding hydrogens is 332 g/mol. The van der Waals surface area contributed by atoms with Gasteiger partial charge in [-0.05, 0) is 43.2 Å². The lowest BCUT2D eigenvalue weighted by molar-refractivity contribution is 0.0653. The van der Waals surface area contributed by atoms with E-state index in [1.165, 1.54) is 4.90 Å². The first-order chi connectivity index (χ1) is 12.5. The van der Waals surface area contributed by atoms with Crippen LogP contribution < -0.4 is 16.4 Å². The molecule has 1 aliphatic rings. The van der Waals surface area contributed by atoms with E-state index >= 15 is 0 Å². The summed E-state index contributed by atoms with van der Waals surface area (Å²) in [7, 11) is 0. The molecule has 0 saturated heterocycles. The Kier molecular flexibility index (Phi) is 4.88. The summed E-state index contributed by atoms with van der Waals surface area (Å²) in [4.78, 5) is 37.6. The molecule has 0 bridgehead atoms. The van der Waals surface area contributed by atoms with Crippen LogP contribution in [0.4, 0.5) is 16.2 Å². The largest absolute Gasteiger partial charge is 0.397 e. The van der Waals surface area contributed by atoms with Gasteiger partial charge in [0.2, 0.25) is 0 Å². The molecule has 26 heavy (non-hydrogen) atoms. The van der Waals surface area contributed by atoms with Crippen LogP contribution in [0.25, 0.3) is 0 Å². The van der Waals surface area contributed by atoms with Crippen LogP contribution >= 0.6 is 0 Å². The summed E-state index contributed by atoms with van der Waals surface area (Å²) in [6.45, 7) is 2.48. The first-order valence-corrected chi connectivity index (χ1v) is 8.33. The lowest BCUT2D eigenvalue weighted by Crippen LogP contribution is -2.35. The van der Waals surface area contributed by atoms with Gasteiger partial charge in [0.1, 0.15) is 0 Å². The minimum absolute atomic E-state index is 0.249. The van der Waals surface area contributed by atoms with E-state index in [1.54, 1.807) is 36.4 Å². The summed E-state index contributed by atoms with van der Waals surface area (Å²) in [5, 5.41) is 5.39. The van der Waals surface area contributed by atoms with E-state index in [4.69, 9.17) is 5.73 Å². The van der Waals surface area contributed by atoms with Gasteiger partial charge in [-0.2, -0.15) is 0 Å². The van der Waals surface area contributed by atoms with E-state index in [2.05, 4.69) is 10.6 Å². The van der Waals surface area contributed by atoms with Crippen LogP contribution in [0.3, 0.4) is 0 Å². The highest BCUT2D eigenvalue weighted by atomic mass is 16.2. The van der Waals surface area contributed by atoms with Gasteiger partial charge in [0.05, 0.1) is 22.5 Å². The number of aryl methyl sites for hydroxylation is 1. The van der Waals surface area contributed by atoms with Crippen molar-refractivity contribution in [1.29, 1.82) is 0 Å². The summed E-state index contributed by atoms with van der Waals surface area (Å²) < 4.78 is 0. The number of imide groups is 1. The zero-order valence-corrected chi connectivity index (χ0v) is 14.4. The Balaban J connectivity index is 1.47. The molecule has 0 radical (unpaired) electrons. The molecule has 0 atom stereocenters. The quantitative estimate of drug-likeness (QED) is 0.436. The fourth-order valence-electron chi connectivity index (χ4n) is 2.83. The van der Waals surface area contributed by atoms with E-state index in [9.17, 15) is 14.4 Å². The molecule has 0 aliphatic carbocycles. The number of nitrogens with one attached hydrogen (secondary N) is 2. The number of nitrogen functional groups attached to an aromatic ring is 1. The van der Waals surface area contributed by atoms with Gasteiger partial charge in [0, 0.05) is 13.1 Å². The maximum atomic E-state index is 12.2. The Labute approximate surface area is 151 Å². The lowest BCUT2D eigenvalue weighted by atomic mass is 10.1. The number of anilines is 2. The van der Waals surface area contributed by atoms with Crippen molar-refractivity contribution in [2.24, 2.45) is 0 Å². The van der Waals surface area contributed by atoms with Gasteiger partial charge in [-0.15, -0.1) is 0 Å². The monoisotopic (exact) mass is 352 g/mol. The highest BCUT2D eigenvalue weighted by Gasteiger charge is 2.34. The minimum Gasteiger partial charge on any atom is -0.397 e. The third-order valence-corrected chi connectivity index (χ3v) is 4.18. The van der Waals surface area contributed by atoms with E-state index < -0.39 is 0 Å². The maximum Gasteiger partial charge on any atom is 0.319 e. The molecule has 0 unspecified atom stereocenters. The first kappa shape index (κ1) is 17.5. The van der Waals surface area contributed by atoms with Gasteiger partial charge >= 0.3 is 6.03 Å². The topological polar surface area (TPSA) is 105 Å². The number of urea groups is 1. The molecule has 4 amide bonds. The summed E-state index contributed by atoms with van der Waals surface area (Å²) in [6, 6.07) is 11.7. The molecule has 7 heteroatoms. The number of carbonyl (C=O) groups is 3. The highest BCUT2D eigenvalue weighted by Crippen LogP contribution is 2.22. The van der Waals surface area contributed by atoms with Crippen LogP contribution in [-0.4, -0.2) is 35.8 Å². The van der Waals surface area contributed by atoms with Crippen molar-refractivity contribution in [1.82, 2.24) is 10.2 Å². The van der Waals surface area contributed by atoms with Crippen LogP contribution in [0.1, 0.15) is 32.7 Å². The summed E-state index contributed by atoms with van der Waals surface area (Å²) >= 11 is 0. The van der Waals surface area contributed by atoms with Crippen molar-refractivity contribution in [3.8, 4) is 0 Å². The number of nitrogens with two attached hydrogens (primary N) is 1. The molecule has 0 fully saturated rings. The molecule has 1 heterocycles. The molecule has 2 aromatic carbocycles. The molecule has 0 spiro atoms.